The minimum Gasteiger partial charge on any atom is -0.484 e. The van der Waals surface area contributed by atoms with Gasteiger partial charge in [-0.15, -0.1) is 0 Å². The number of ether oxygens (including phenoxy) is 2. The number of hydrogen-bond donors (Lipinski definition) is 2. The SMILES string of the molecule is CCc1ccccc1NC(=O)c1ccc(OCC(=O)Nc2ccc(Oc3ccccc3)cc2)cc1. The Kier molecular flexibility index (Phi) is 7.76. The fourth-order valence-corrected chi connectivity index (χ4v) is 3.42. The molecule has 0 saturated heterocycles. The van der Waals surface area contributed by atoms with E-state index in [1.54, 1.807) is 48.5 Å². The van der Waals surface area contributed by atoms with Gasteiger partial charge in [0.15, 0.2) is 6.61 Å². The van der Waals surface area contributed by atoms with Crippen LogP contribution in [0.4, 0.5) is 11.4 Å². The molecule has 35 heavy (non-hydrogen) atoms. The summed E-state index contributed by atoms with van der Waals surface area (Å²) in [6.07, 6.45) is 0.830. The zero-order valence-corrected chi connectivity index (χ0v) is 19.4. The number of para-hydroxylation sites is 2. The van der Waals surface area contributed by atoms with Gasteiger partial charge in [-0.25, -0.2) is 0 Å². The van der Waals surface area contributed by atoms with Crippen molar-refractivity contribution in [1.29, 1.82) is 0 Å². The van der Waals surface area contributed by atoms with Crippen molar-refractivity contribution in [2.45, 2.75) is 13.3 Å². The summed E-state index contributed by atoms with van der Waals surface area (Å²) < 4.78 is 11.3. The van der Waals surface area contributed by atoms with Crippen LogP contribution in [0.25, 0.3) is 0 Å². The molecule has 0 aliphatic heterocycles. The molecule has 0 aromatic heterocycles. The lowest BCUT2D eigenvalue weighted by Gasteiger charge is -2.11. The Bertz CT molecular complexity index is 1270. The number of aryl methyl sites for hydroxylation is 1. The van der Waals surface area contributed by atoms with Crippen LogP contribution in [0.1, 0.15) is 22.8 Å². The zero-order chi connectivity index (χ0) is 24.5. The quantitative estimate of drug-likeness (QED) is 0.303. The number of amides is 2. The highest BCUT2D eigenvalue weighted by Gasteiger charge is 2.09. The van der Waals surface area contributed by atoms with E-state index in [1.165, 1.54) is 0 Å². The zero-order valence-electron chi connectivity index (χ0n) is 19.4. The second-order valence-corrected chi connectivity index (χ2v) is 7.77. The molecule has 4 aromatic rings. The first-order valence-corrected chi connectivity index (χ1v) is 11.4. The second kappa shape index (κ2) is 11.5. The third-order valence-corrected chi connectivity index (χ3v) is 5.25. The Morgan fingerprint density at radius 2 is 1.31 bits per heavy atom. The van der Waals surface area contributed by atoms with Crippen molar-refractivity contribution in [3.05, 3.63) is 114 Å². The van der Waals surface area contributed by atoms with Gasteiger partial charge in [-0.1, -0.05) is 43.3 Å². The molecule has 0 atom stereocenters. The molecule has 4 aromatic carbocycles. The molecule has 0 spiro atoms. The van der Waals surface area contributed by atoms with E-state index in [4.69, 9.17) is 9.47 Å². The fraction of sp³-hybridized carbons (Fsp3) is 0.103. The lowest BCUT2D eigenvalue weighted by molar-refractivity contribution is -0.118. The topological polar surface area (TPSA) is 76.7 Å². The summed E-state index contributed by atoms with van der Waals surface area (Å²) >= 11 is 0. The minimum atomic E-state index is -0.292. The molecular weight excluding hydrogens is 440 g/mol. The van der Waals surface area contributed by atoms with Crippen molar-refractivity contribution in [1.82, 2.24) is 0 Å². The minimum absolute atomic E-state index is 0.155. The molecule has 2 N–H and O–H groups in total. The number of anilines is 2. The standard InChI is InChI=1S/C29H26N2O4/c1-2-21-8-6-7-11-27(21)31-29(33)22-12-16-24(17-13-22)34-20-28(32)30-23-14-18-26(19-15-23)35-25-9-4-3-5-10-25/h3-19H,2,20H2,1H3,(H,30,32)(H,31,33). The Balaban J connectivity index is 1.25. The molecule has 2 amide bonds. The number of carbonyl (C=O) groups excluding carboxylic acids is 2. The van der Waals surface area contributed by atoms with Crippen LogP contribution >= 0.6 is 0 Å². The van der Waals surface area contributed by atoms with E-state index in [0.717, 1.165) is 23.4 Å². The van der Waals surface area contributed by atoms with Gasteiger partial charge in [0.05, 0.1) is 0 Å². The highest BCUT2D eigenvalue weighted by molar-refractivity contribution is 6.04. The Morgan fingerprint density at radius 1 is 0.686 bits per heavy atom. The van der Waals surface area contributed by atoms with Gasteiger partial charge >= 0.3 is 0 Å². The first-order valence-electron chi connectivity index (χ1n) is 11.4. The molecule has 6 heteroatoms. The highest BCUT2D eigenvalue weighted by Crippen LogP contribution is 2.23. The smallest absolute Gasteiger partial charge is 0.262 e. The van der Waals surface area contributed by atoms with E-state index in [1.807, 2.05) is 61.5 Å². The van der Waals surface area contributed by atoms with Crippen LogP contribution in [0.5, 0.6) is 17.2 Å². The molecule has 0 saturated carbocycles. The number of rotatable bonds is 9. The first kappa shape index (κ1) is 23.6. The Labute approximate surface area is 204 Å². The van der Waals surface area contributed by atoms with Crippen LogP contribution in [0.3, 0.4) is 0 Å². The molecule has 0 radical (unpaired) electrons. The maximum absolute atomic E-state index is 12.6. The molecule has 0 aliphatic rings. The van der Waals surface area contributed by atoms with E-state index >= 15 is 0 Å². The summed E-state index contributed by atoms with van der Waals surface area (Å²) in [6, 6.07) is 31.0. The maximum Gasteiger partial charge on any atom is 0.262 e. The van der Waals surface area contributed by atoms with Gasteiger partial charge in [-0.3, -0.25) is 9.59 Å². The van der Waals surface area contributed by atoms with E-state index in [-0.39, 0.29) is 18.4 Å². The van der Waals surface area contributed by atoms with Gasteiger partial charge in [-0.05, 0) is 78.7 Å². The number of benzene rings is 4. The molecule has 0 heterocycles. The van der Waals surface area contributed by atoms with Crippen molar-refractivity contribution >= 4 is 23.2 Å². The summed E-state index contributed by atoms with van der Waals surface area (Å²) in [7, 11) is 0. The first-order chi connectivity index (χ1) is 17.1. The van der Waals surface area contributed by atoms with E-state index in [0.29, 0.717) is 22.7 Å². The molecule has 176 valence electrons. The summed E-state index contributed by atoms with van der Waals surface area (Å²) in [6.45, 7) is 1.89. The van der Waals surface area contributed by atoms with Crippen LogP contribution in [-0.4, -0.2) is 18.4 Å². The number of carbonyl (C=O) groups is 2. The number of hydrogen-bond acceptors (Lipinski definition) is 4. The molecule has 0 fully saturated rings. The van der Waals surface area contributed by atoms with Gasteiger partial charge in [-0.2, -0.15) is 0 Å². The lowest BCUT2D eigenvalue weighted by Crippen LogP contribution is -2.20. The highest BCUT2D eigenvalue weighted by atomic mass is 16.5. The van der Waals surface area contributed by atoms with Crippen molar-refractivity contribution in [2.24, 2.45) is 0 Å². The third-order valence-electron chi connectivity index (χ3n) is 5.25. The van der Waals surface area contributed by atoms with Crippen molar-refractivity contribution < 1.29 is 19.1 Å². The summed E-state index contributed by atoms with van der Waals surface area (Å²) in [5.74, 6) is 1.42. The van der Waals surface area contributed by atoms with Gasteiger partial charge in [0.25, 0.3) is 11.8 Å². The van der Waals surface area contributed by atoms with Crippen LogP contribution in [0, 0.1) is 0 Å². The maximum atomic E-state index is 12.6. The van der Waals surface area contributed by atoms with Crippen LogP contribution in [0.15, 0.2) is 103 Å². The van der Waals surface area contributed by atoms with Crippen molar-refractivity contribution in [2.75, 3.05) is 17.2 Å². The predicted molar refractivity (Wildman–Crippen MR) is 137 cm³/mol. The summed E-state index contributed by atoms with van der Waals surface area (Å²) in [4.78, 5) is 24.8. The molecule has 0 bridgehead atoms. The largest absolute Gasteiger partial charge is 0.484 e. The van der Waals surface area contributed by atoms with Gasteiger partial charge in [0.1, 0.15) is 17.2 Å². The summed E-state index contributed by atoms with van der Waals surface area (Å²) in [5, 5.41) is 5.73. The molecule has 4 rings (SSSR count). The van der Waals surface area contributed by atoms with Gasteiger partial charge in [0, 0.05) is 16.9 Å². The second-order valence-electron chi connectivity index (χ2n) is 7.77. The van der Waals surface area contributed by atoms with Gasteiger partial charge in [0.2, 0.25) is 0 Å². The van der Waals surface area contributed by atoms with Crippen LogP contribution < -0.4 is 20.1 Å². The van der Waals surface area contributed by atoms with E-state index in [2.05, 4.69) is 10.6 Å². The molecule has 0 unspecified atom stereocenters. The van der Waals surface area contributed by atoms with Crippen LogP contribution in [-0.2, 0) is 11.2 Å². The normalized spacial score (nSPS) is 10.3. The Hall–Kier alpha value is -4.58. The summed E-state index contributed by atoms with van der Waals surface area (Å²) in [5.41, 5.74) is 3.02. The molecule has 0 aliphatic carbocycles. The average molecular weight is 467 g/mol. The monoisotopic (exact) mass is 466 g/mol. The lowest BCUT2D eigenvalue weighted by atomic mass is 10.1. The third kappa shape index (κ3) is 6.71. The van der Waals surface area contributed by atoms with Gasteiger partial charge < -0.3 is 20.1 Å². The van der Waals surface area contributed by atoms with E-state index < -0.39 is 0 Å². The van der Waals surface area contributed by atoms with E-state index in [9.17, 15) is 9.59 Å². The van der Waals surface area contributed by atoms with Crippen molar-refractivity contribution in [3.63, 3.8) is 0 Å². The van der Waals surface area contributed by atoms with Crippen molar-refractivity contribution in [3.8, 4) is 17.2 Å². The predicted octanol–water partition coefficient (Wildman–Crippen LogP) is 6.31. The Morgan fingerprint density at radius 3 is 2.03 bits per heavy atom. The van der Waals surface area contributed by atoms with Crippen LogP contribution in [0.2, 0.25) is 0 Å². The fourth-order valence-electron chi connectivity index (χ4n) is 3.42. The number of nitrogens with one attached hydrogen (secondary N) is 2. The molecular formula is C29H26N2O4. The molecule has 6 nitrogen and oxygen atoms in total. The average Bonchev–Trinajstić information content (AvgIpc) is 2.90.